The maximum atomic E-state index is 12.1. The minimum atomic E-state index is -4.10. The Balaban J connectivity index is 2.46. The van der Waals surface area contributed by atoms with Crippen LogP contribution in [-0.2, 0) is 0 Å². The van der Waals surface area contributed by atoms with E-state index in [2.05, 4.69) is 5.32 Å². The summed E-state index contributed by atoms with van der Waals surface area (Å²) in [5.41, 5.74) is 0. The van der Waals surface area contributed by atoms with Crippen molar-refractivity contribution in [2.24, 2.45) is 5.92 Å². The van der Waals surface area contributed by atoms with Gasteiger partial charge in [0.1, 0.15) is 0 Å². The first-order valence-corrected chi connectivity index (χ1v) is 3.95. The number of hydrogen-bond acceptors (Lipinski definition) is 2. The van der Waals surface area contributed by atoms with Crippen LogP contribution in [0.3, 0.4) is 0 Å². The second kappa shape index (κ2) is 3.62. The van der Waals surface area contributed by atoms with E-state index in [9.17, 15) is 13.2 Å². The summed E-state index contributed by atoms with van der Waals surface area (Å²) in [4.78, 5) is 0. The lowest BCUT2D eigenvalue weighted by molar-refractivity contribution is -0.183. The maximum Gasteiger partial charge on any atom is 0.391 e. The second-order valence-electron chi connectivity index (χ2n) is 3.10. The fourth-order valence-electron chi connectivity index (χ4n) is 1.44. The van der Waals surface area contributed by atoms with Crippen LogP contribution in [0.15, 0.2) is 0 Å². The summed E-state index contributed by atoms with van der Waals surface area (Å²) >= 11 is 0. The van der Waals surface area contributed by atoms with E-state index in [1.54, 1.807) is 0 Å². The van der Waals surface area contributed by atoms with Crippen molar-refractivity contribution < 1.29 is 18.3 Å². The third kappa shape index (κ3) is 2.35. The van der Waals surface area contributed by atoms with Crippen molar-refractivity contribution in [2.45, 2.75) is 25.1 Å². The third-order valence-corrected chi connectivity index (χ3v) is 2.18. The number of aliphatic hydroxyl groups is 1. The van der Waals surface area contributed by atoms with E-state index in [0.29, 0.717) is 6.54 Å². The van der Waals surface area contributed by atoms with E-state index < -0.39 is 12.1 Å². The van der Waals surface area contributed by atoms with Gasteiger partial charge in [0.15, 0.2) is 0 Å². The Kier molecular flexibility index (Phi) is 2.95. The first-order valence-electron chi connectivity index (χ1n) is 3.95. The molecule has 1 rings (SSSR count). The van der Waals surface area contributed by atoms with Crippen LogP contribution >= 0.6 is 0 Å². The zero-order valence-electron chi connectivity index (χ0n) is 6.56. The van der Waals surface area contributed by atoms with E-state index in [-0.39, 0.29) is 25.5 Å². The monoisotopic (exact) mass is 183 g/mol. The highest BCUT2D eigenvalue weighted by molar-refractivity contribution is 4.81. The van der Waals surface area contributed by atoms with Crippen molar-refractivity contribution in [3.8, 4) is 0 Å². The largest absolute Gasteiger partial charge is 0.395 e. The molecule has 5 heteroatoms. The van der Waals surface area contributed by atoms with Crippen LogP contribution in [-0.4, -0.2) is 30.5 Å². The highest BCUT2D eigenvalue weighted by Crippen LogP contribution is 2.33. The molecule has 12 heavy (non-hydrogen) atoms. The van der Waals surface area contributed by atoms with Gasteiger partial charge in [-0.05, 0) is 19.4 Å². The summed E-state index contributed by atoms with van der Waals surface area (Å²) in [6.45, 7) is 0.127. The molecule has 2 nitrogen and oxygen atoms in total. The van der Waals surface area contributed by atoms with Gasteiger partial charge in [-0.25, -0.2) is 0 Å². The second-order valence-corrected chi connectivity index (χ2v) is 3.10. The zero-order valence-corrected chi connectivity index (χ0v) is 6.56. The third-order valence-electron chi connectivity index (χ3n) is 2.18. The Bertz CT molecular complexity index is 148. The lowest BCUT2D eigenvalue weighted by Crippen LogP contribution is -2.44. The molecule has 72 valence electrons. The maximum absolute atomic E-state index is 12.1. The predicted octanol–water partition coefficient (Wildman–Crippen LogP) is 0.909. The molecule has 1 heterocycles. The van der Waals surface area contributed by atoms with Crippen molar-refractivity contribution in [1.29, 1.82) is 0 Å². The van der Waals surface area contributed by atoms with Crippen molar-refractivity contribution in [3.63, 3.8) is 0 Å². The fraction of sp³-hybridized carbons (Fsp3) is 1.00. The average molecular weight is 183 g/mol. The Morgan fingerprint density at radius 2 is 2.08 bits per heavy atom. The Labute approximate surface area is 68.8 Å². The number of aliphatic hydroxyl groups excluding tert-OH is 1. The van der Waals surface area contributed by atoms with Crippen LogP contribution in [0.2, 0.25) is 0 Å². The van der Waals surface area contributed by atoms with E-state index in [1.165, 1.54) is 0 Å². The highest BCUT2D eigenvalue weighted by Gasteiger charge is 2.41. The smallest absolute Gasteiger partial charge is 0.391 e. The van der Waals surface area contributed by atoms with Crippen LogP contribution in [0.1, 0.15) is 12.8 Å². The molecule has 0 bridgehead atoms. The summed E-state index contributed by atoms with van der Waals surface area (Å²) in [5, 5.41) is 11.5. The summed E-state index contributed by atoms with van der Waals surface area (Å²) < 4.78 is 36.4. The number of halogens is 3. The van der Waals surface area contributed by atoms with Gasteiger partial charge in [-0.3, -0.25) is 0 Å². The topological polar surface area (TPSA) is 32.3 Å². The molecule has 0 radical (unpaired) electrons. The Morgan fingerprint density at radius 1 is 1.42 bits per heavy atom. The Morgan fingerprint density at radius 3 is 2.58 bits per heavy atom. The normalized spacial score (nSPS) is 32.0. The quantitative estimate of drug-likeness (QED) is 0.633. The van der Waals surface area contributed by atoms with Gasteiger partial charge in [0.2, 0.25) is 0 Å². The summed E-state index contributed by atoms with van der Waals surface area (Å²) in [5.74, 6) is -1.24. The number of nitrogens with one attached hydrogen (secondary N) is 1. The van der Waals surface area contributed by atoms with Gasteiger partial charge in [0, 0.05) is 6.04 Å². The Hall–Kier alpha value is -0.290. The standard InChI is InChI=1S/C7H12F3NO/c8-7(9,10)5-1-2-11-6(3-5)4-12/h5-6,11-12H,1-4H2. The van der Waals surface area contributed by atoms with E-state index >= 15 is 0 Å². The van der Waals surface area contributed by atoms with E-state index in [0.717, 1.165) is 0 Å². The summed E-state index contributed by atoms with van der Waals surface area (Å²) in [7, 11) is 0. The lowest BCUT2D eigenvalue weighted by Gasteiger charge is -2.30. The predicted molar refractivity (Wildman–Crippen MR) is 37.7 cm³/mol. The van der Waals surface area contributed by atoms with Gasteiger partial charge in [-0.2, -0.15) is 13.2 Å². The molecule has 1 saturated heterocycles. The fourth-order valence-corrected chi connectivity index (χ4v) is 1.44. The van der Waals surface area contributed by atoms with Crippen LogP contribution in [0.5, 0.6) is 0 Å². The molecule has 0 aliphatic carbocycles. The molecule has 0 aromatic heterocycles. The summed E-state index contributed by atoms with van der Waals surface area (Å²) in [6, 6.07) is -0.384. The molecule has 0 aromatic carbocycles. The molecule has 1 aliphatic rings. The zero-order chi connectivity index (χ0) is 9.19. The van der Waals surface area contributed by atoms with Crippen LogP contribution in [0.25, 0.3) is 0 Å². The molecule has 2 atom stereocenters. The van der Waals surface area contributed by atoms with Gasteiger partial charge in [0.05, 0.1) is 12.5 Å². The van der Waals surface area contributed by atoms with Crippen LogP contribution in [0.4, 0.5) is 13.2 Å². The van der Waals surface area contributed by atoms with Gasteiger partial charge >= 0.3 is 6.18 Å². The van der Waals surface area contributed by atoms with Crippen LogP contribution in [0, 0.1) is 5.92 Å². The van der Waals surface area contributed by atoms with E-state index in [1.807, 2.05) is 0 Å². The number of alkyl halides is 3. The lowest BCUT2D eigenvalue weighted by atomic mass is 9.92. The molecule has 2 N–H and O–H groups in total. The first kappa shape index (κ1) is 9.80. The molecule has 0 saturated carbocycles. The first-order chi connectivity index (χ1) is 5.54. The molecule has 1 aliphatic heterocycles. The van der Waals surface area contributed by atoms with Crippen molar-refractivity contribution >= 4 is 0 Å². The minimum absolute atomic E-state index is 0. The van der Waals surface area contributed by atoms with Gasteiger partial charge in [-0.15, -0.1) is 0 Å². The minimum Gasteiger partial charge on any atom is -0.395 e. The molecular formula is C7H12F3NO. The summed E-state index contributed by atoms with van der Waals surface area (Å²) in [6.07, 6.45) is -3.98. The average Bonchev–Trinajstić information content (AvgIpc) is 2.03. The van der Waals surface area contributed by atoms with Crippen molar-refractivity contribution in [2.75, 3.05) is 13.2 Å². The van der Waals surface area contributed by atoms with Gasteiger partial charge < -0.3 is 10.4 Å². The van der Waals surface area contributed by atoms with Crippen molar-refractivity contribution in [3.05, 3.63) is 0 Å². The molecule has 1 fully saturated rings. The number of hydrogen-bond donors (Lipinski definition) is 2. The number of rotatable bonds is 1. The molecule has 0 spiro atoms. The molecule has 0 aromatic rings. The molecule has 2 unspecified atom stereocenters. The van der Waals surface area contributed by atoms with E-state index in [4.69, 9.17) is 5.11 Å². The van der Waals surface area contributed by atoms with Gasteiger partial charge in [0.25, 0.3) is 0 Å². The highest BCUT2D eigenvalue weighted by atomic mass is 19.4. The number of piperidine rings is 1. The van der Waals surface area contributed by atoms with Crippen molar-refractivity contribution in [1.82, 2.24) is 5.32 Å². The van der Waals surface area contributed by atoms with Crippen LogP contribution < -0.4 is 5.32 Å². The molecular weight excluding hydrogens is 171 g/mol. The molecule has 0 amide bonds. The van der Waals surface area contributed by atoms with Gasteiger partial charge in [-0.1, -0.05) is 0 Å². The SMILES string of the molecule is OCC1CC(C(F)(F)F)CCN1.